The highest BCUT2D eigenvalue weighted by Crippen LogP contribution is 1.92. The van der Waals surface area contributed by atoms with Gasteiger partial charge in [-0.15, -0.1) is 0 Å². The fourth-order valence-corrected chi connectivity index (χ4v) is 1.09. The largest absolute Gasteiger partial charge is 0.396 e. The van der Waals surface area contributed by atoms with Crippen molar-refractivity contribution in [2.24, 2.45) is 0 Å². The van der Waals surface area contributed by atoms with Crippen LogP contribution in [0.3, 0.4) is 0 Å². The lowest BCUT2D eigenvalue weighted by Crippen LogP contribution is -2.43. The van der Waals surface area contributed by atoms with E-state index in [2.05, 4.69) is 10.6 Å². The number of amides is 2. The molecule has 94 valence electrons. The van der Waals surface area contributed by atoms with Crippen molar-refractivity contribution in [1.29, 1.82) is 0 Å². The first kappa shape index (κ1) is 14.9. The van der Waals surface area contributed by atoms with Crippen LogP contribution in [0.2, 0.25) is 0 Å². The van der Waals surface area contributed by atoms with Gasteiger partial charge in [0.05, 0.1) is 0 Å². The third kappa shape index (κ3) is 7.23. The highest BCUT2D eigenvalue weighted by Gasteiger charge is 2.13. The average molecular weight is 230 g/mol. The van der Waals surface area contributed by atoms with Crippen molar-refractivity contribution in [3.8, 4) is 0 Å². The van der Waals surface area contributed by atoms with Crippen molar-refractivity contribution >= 4 is 11.8 Å². The first-order chi connectivity index (χ1) is 7.61. The number of hydrogen-bond acceptors (Lipinski definition) is 3. The van der Waals surface area contributed by atoms with Gasteiger partial charge in [-0.3, -0.25) is 9.59 Å². The lowest BCUT2D eigenvalue weighted by molar-refractivity contribution is -0.139. The van der Waals surface area contributed by atoms with E-state index in [9.17, 15) is 9.59 Å². The standard InChI is InChI=1S/C11H22N2O3/c1-3-9(2)13-11(16)10(15)12-7-5-4-6-8-14/h9,14H,3-8H2,1-2H3,(H,12,15)(H,13,16)/t9-/m1/s1. The molecule has 0 saturated heterocycles. The molecular weight excluding hydrogens is 208 g/mol. The summed E-state index contributed by atoms with van der Waals surface area (Å²) in [6.45, 7) is 4.44. The number of carbonyl (C=O) groups excluding carboxylic acids is 2. The molecular formula is C11H22N2O3. The molecule has 3 N–H and O–H groups in total. The maximum atomic E-state index is 11.3. The molecule has 0 radical (unpaired) electrons. The van der Waals surface area contributed by atoms with E-state index in [0.717, 1.165) is 25.7 Å². The number of rotatable bonds is 7. The molecule has 0 aliphatic heterocycles. The van der Waals surface area contributed by atoms with Crippen LogP contribution in [-0.2, 0) is 9.59 Å². The second-order valence-corrected chi connectivity index (χ2v) is 3.82. The van der Waals surface area contributed by atoms with Crippen molar-refractivity contribution in [1.82, 2.24) is 10.6 Å². The first-order valence-corrected chi connectivity index (χ1v) is 5.81. The van der Waals surface area contributed by atoms with E-state index >= 15 is 0 Å². The van der Waals surface area contributed by atoms with Crippen molar-refractivity contribution in [2.45, 2.75) is 45.6 Å². The van der Waals surface area contributed by atoms with Crippen LogP contribution in [0, 0.1) is 0 Å². The van der Waals surface area contributed by atoms with Gasteiger partial charge in [0.2, 0.25) is 0 Å². The molecule has 1 atom stereocenters. The van der Waals surface area contributed by atoms with Gasteiger partial charge < -0.3 is 15.7 Å². The van der Waals surface area contributed by atoms with Crippen LogP contribution >= 0.6 is 0 Å². The van der Waals surface area contributed by atoms with Crippen molar-refractivity contribution in [2.75, 3.05) is 13.2 Å². The molecule has 5 nitrogen and oxygen atoms in total. The topological polar surface area (TPSA) is 78.4 Å². The van der Waals surface area contributed by atoms with Crippen LogP contribution in [0.25, 0.3) is 0 Å². The smallest absolute Gasteiger partial charge is 0.309 e. The molecule has 5 heteroatoms. The maximum absolute atomic E-state index is 11.3. The summed E-state index contributed by atoms with van der Waals surface area (Å²) in [6, 6.07) is 0.0210. The van der Waals surface area contributed by atoms with E-state index < -0.39 is 11.8 Å². The Hall–Kier alpha value is -1.10. The highest BCUT2D eigenvalue weighted by molar-refractivity contribution is 6.35. The zero-order chi connectivity index (χ0) is 12.4. The van der Waals surface area contributed by atoms with Gasteiger partial charge >= 0.3 is 11.8 Å². The molecule has 0 fully saturated rings. The predicted molar refractivity (Wildman–Crippen MR) is 61.8 cm³/mol. The zero-order valence-corrected chi connectivity index (χ0v) is 10.1. The summed E-state index contributed by atoms with van der Waals surface area (Å²) >= 11 is 0. The third-order valence-corrected chi connectivity index (χ3v) is 2.32. The Kier molecular flexibility index (Phi) is 8.52. The van der Waals surface area contributed by atoms with E-state index in [1.165, 1.54) is 0 Å². The van der Waals surface area contributed by atoms with Crippen molar-refractivity contribution in [3.63, 3.8) is 0 Å². The Bertz CT molecular complexity index is 219. The minimum Gasteiger partial charge on any atom is -0.396 e. The van der Waals surface area contributed by atoms with Gasteiger partial charge in [-0.2, -0.15) is 0 Å². The molecule has 0 rings (SSSR count). The molecule has 0 bridgehead atoms. The van der Waals surface area contributed by atoms with E-state index in [1.807, 2.05) is 13.8 Å². The van der Waals surface area contributed by atoms with Gasteiger partial charge in [0.25, 0.3) is 0 Å². The normalized spacial score (nSPS) is 11.9. The predicted octanol–water partition coefficient (Wildman–Crippen LogP) is 0.180. The van der Waals surface area contributed by atoms with Gasteiger partial charge in [0.1, 0.15) is 0 Å². The average Bonchev–Trinajstić information content (AvgIpc) is 2.28. The van der Waals surface area contributed by atoms with Gasteiger partial charge in [0.15, 0.2) is 0 Å². The molecule has 0 aromatic heterocycles. The van der Waals surface area contributed by atoms with Gasteiger partial charge in [0, 0.05) is 19.2 Å². The van der Waals surface area contributed by atoms with Crippen LogP contribution in [0.1, 0.15) is 39.5 Å². The summed E-state index contributed by atoms with van der Waals surface area (Å²) in [5.74, 6) is -1.15. The Balaban J connectivity index is 3.59. The van der Waals surface area contributed by atoms with Gasteiger partial charge in [-0.25, -0.2) is 0 Å². The fourth-order valence-electron chi connectivity index (χ4n) is 1.09. The van der Waals surface area contributed by atoms with E-state index in [1.54, 1.807) is 0 Å². The minimum absolute atomic E-state index is 0.0210. The Morgan fingerprint density at radius 2 is 1.88 bits per heavy atom. The van der Waals surface area contributed by atoms with E-state index in [4.69, 9.17) is 5.11 Å². The van der Waals surface area contributed by atoms with Gasteiger partial charge in [-0.1, -0.05) is 6.92 Å². The summed E-state index contributed by atoms with van der Waals surface area (Å²) in [5, 5.41) is 13.7. The lowest BCUT2D eigenvalue weighted by Gasteiger charge is -2.10. The maximum Gasteiger partial charge on any atom is 0.309 e. The number of aliphatic hydroxyl groups excluding tert-OH is 1. The minimum atomic E-state index is -0.579. The summed E-state index contributed by atoms with van der Waals surface area (Å²) < 4.78 is 0. The summed E-state index contributed by atoms with van der Waals surface area (Å²) in [4.78, 5) is 22.5. The SMILES string of the molecule is CC[C@@H](C)NC(=O)C(=O)NCCCCCO. The van der Waals surface area contributed by atoms with Crippen LogP contribution in [0.4, 0.5) is 0 Å². The van der Waals surface area contributed by atoms with E-state index in [-0.39, 0.29) is 12.6 Å². The molecule has 0 heterocycles. The molecule has 0 aromatic carbocycles. The Labute approximate surface area is 96.6 Å². The van der Waals surface area contributed by atoms with E-state index in [0.29, 0.717) is 6.54 Å². The monoisotopic (exact) mass is 230 g/mol. The molecule has 0 aromatic rings. The van der Waals surface area contributed by atoms with Crippen LogP contribution in [0.15, 0.2) is 0 Å². The Morgan fingerprint density at radius 1 is 1.19 bits per heavy atom. The number of hydrogen-bond donors (Lipinski definition) is 3. The quantitative estimate of drug-likeness (QED) is 0.431. The summed E-state index contributed by atoms with van der Waals surface area (Å²) in [7, 11) is 0. The Morgan fingerprint density at radius 3 is 2.44 bits per heavy atom. The molecule has 0 spiro atoms. The summed E-state index contributed by atoms with van der Waals surface area (Å²) in [5.41, 5.74) is 0. The third-order valence-electron chi connectivity index (χ3n) is 2.32. The highest BCUT2D eigenvalue weighted by atomic mass is 16.3. The molecule has 0 aliphatic rings. The second kappa shape index (κ2) is 9.15. The van der Waals surface area contributed by atoms with Crippen LogP contribution in [-0.4, -0.2) is 36.1 Å². The first-order valence-electron chi connectivity index (χ1n) is 5.81. The van der Waals surface area contributed by atoms with Crippen LogP contribution in [0.5, 0.6) is 0 Å². The number of carbonyl (C=O) groups is 2. The van der Waals surface area contributed by atoms with Crippen molar-refractivity contribution < 1.29 is 14.7 Å². The number of aliphatic hydroxyl groups is 1. The molecule has 0 aliphatic carbocycles. The lowest BCUT2D eigenvalue weighted by atomic mass is 10.2. The van der Waals surface area contributed by atoms with Crippen molar-refractivity contribution in [3.05, 3.63) is 0 Å². The number of unbranched alkanes of at least 4 members (excludes halogenated alkanes) is 2. The second-order valence-electron chi connectivity index (χ2n) is 3.82. The molecule has 0 unspecified atom stereocenters. The summed E-state index contributed by atoms with van der Waals surface area (Å²) in [6.07, 6.45) is 3.16. The van der Waals surface area contributed by atoms with Gasteiger partial charge in [-0.05, 0) is 32.6 Å². The zero-order valence-electron chi connectivity index (χ0n) is 10.1. The number of nitrogens with one attached hydrogen (secondary N) is 2. The molecule has 0 saturated carbocycles. The van der Waals surface area contributed by atoms with Crippen LogP contribution < -0.4 is 10.6 Å². The fraction of sp³-hybridized carbons (Fsp3) is 0.818. The molecule has 2 amide bonds. The molecule has 16 heavy (non-hydrogen) atoms.